The van der Waals surface area contributed by atoms with Crippen LogP contribution in [-0.2, 0) is 5.41 Å². The van der Waals surface area contributed by atoms with Gasteiger partial charge in [-0.3, -0.25) is 0 Å². The first-order valence-corrected chi connectivity index (χ1v) is 6.34. The molecule has 0 fully saturated rings. The molecule has 96 valence electrons. The minimum absolute atomic E-state index is 0.153. The van der Waals surface area contributed by atoms with Crippen molar-refractivity contribution in [1.82, 2.24) is 0 Å². The highest BCUT2D eigenvalue weighted by molar-refractivity contribution is 5.28. The largest absolute Gasteiger partial charge is 0.396 e. The maximum absolute atomic E-state index is 9.96. The van der Waals surface area contributed by atoms with Gasteiger partial charge in [-0.2, -0.15) is 0 Å². The Morgan fingerprint density at radius 2 is 1.65 bits per heavy atom. The van der Waals surface area contributed by atoms with Gasteiger partial charge in [0.1, 0.15) is 0 Å². The van der Waals surface area contributed by atoms with Crippen LogP contribution in [-0.4, -0.2) is 16.8 Å². The molecule has 2 heteroatoms. The maximum atomic E-state index is 9.96. The zero-order valence-corrected chi connectivity index (χ0v) is 11.1. The van der Waals surface area contributed by atoms with Crippen LogP contribution in [0.25, 0.3) is 0 Å². The van der Waals surface area contributed by atoms with E-state index in [9.17, 15) is 5.11 Å². The number of hydrogen-bond acceptors (Lipinski definition) is 2. The van der Waals surface area contributed by atoms with Crippen LogP contribution in [0.1, 0.15) is 57.3 Å². The molecule has 2 nitrogen and oxygen atoms in total. The van der Waals surface area contributed by atoms with Gasteiger partial charge in [-0.25, -0.2) is 0 Å². The molecule has 0 bridgehead atoms. The molecule has 1 atom stereocenters. The smallest absolute Gasteiger partial charge is 0.0790 e. The van der Waals surface area contributed by atoms with Crippen molar-refractivity contribution in [3.63, 3.8) is 0 Å². The van der Waals surface area contributed by atoms with E-state index >= 15 is 0 Å². The van der Waals surface area contributed by atoms with Crippen molar-refractivity contribution < 1.29 is 10.2 Å². The second-order valence-electron chi connectivity index (χ2n) is 5.61. The Morgan fingerprint density at radius 3 is 2.12 bits per heavy atom. The Morgan fingerprint density at radius 1 is 1.06 bits per heavy atom. The molecule has 1 rings (SSSR count). The fourth-order valence-corrected chi connectivity index (χ4v) is 1.82. The molecule has 0 amide bonds. The summed E-state index contributed by atoms with van der Waals surface area (Å²) in [6, 6.07) is 8.18. The first-order chi connectivity index (χ1) is 7.95. The van der Waals surface area contributed by atoms with E-state index in [1.807, 2.05) is 12.1 Å². The molecule has 0 aliphatic rings. The van der Waals surface area contributed by atoms with E-state index in [1.54, 1.807) is 0 Å². The van der Waals surface area contributed by atoms with Crippen molar-refractivity contribution in [2.24, 2.45) is 0 Å². The van der Waals surface area contributed by atoms with E-state index in [-0.39, 0.29) is 12.0 Å². The molecular weight excluding hydrogens is 212 g/mol. The lowest BCUT2D eigenvalue weighted by Gasteiger charge is -2.20. The molecule has 17 heavy (non-hydrogen) atoms. The average molecular weight is 236 g/mol. The van der Waals surface area contributed by atoms with Crippen LogP contribution in [0.2, 0.25) is 0 Å². The molecular formula is C15H24O2. The Labute approximate surface area is 104 Å². The number of aliphatic hydroxyl groups is 2. The lowest BCUT2D eigenvalue weighted by atomic mass is 9.86. The minimum Gasteiger partial charge on any atom is -0.396 e. The van der Waals surface area contributed by atoms with Gasteiger partial charge in [0.05, 0.1) is 6.10 Å². The molecule has 0 aliphatic carbocycles. The van der Waals surface area contributed by atoms with Crippen molar-refractivity contribution in [3.8, 4) is 0 Å². The van der Waals surface area contributed by atoms with Gasteiger partial charge >= 0.3 is 0 Å². The van der Waals surface area contributed by atoms with Crippen LogP contribution in [0.15, 0.2) is 24.3 Å². The molecule has 2 N–H and O–H groups in total. The third-order valence-corrected chi connectivity index (χ3v) is 3.05. The number of unbranched alkanes of at least 4 members (excludes halogenated alkanes) is 1. The summed E-state index contributed by atoms with van der Waals surface area (Å²) < 4.78 is 0. The molecule has 0 aliphatic heterocycles. The second-order valence-corrected chi connectivity index (χ2v) is 5.61. The molecule has 0 spiro atoms. The van der Waals surface area contributed by atoms with Crippen LogP contribution in [0.5, 0.6) is 0 Å². The zero-order valence-electron chi connectivity index (χ0n) is 11.1. The predicted molar refractivity (Wildman–Crippen MR) is 71.0 cm³/mol. The summed E-state index contributed by atoms with van der Waals surface area (Å²) in [6.45, 7) is 6.74. The Balaban J connectivity index is 2.61. The summed E-state index contributed by atoms with van der Waals surface area (Å²) in [5, 5.41) is 18.7. The highest BCUT2D eigenvalue weighted by atomic mass is 16.3. The Kier molecular flexibility index (Phi) is 5.16. The zero-order chi connectivity index (χ0) is 12.9. The lowest BCUT2D eigenvalue weighted by Crippen LogP contribution is -2.11. The van der Waals surface area contributed by atoms with Crippen LogP contribution in [0.4, 0.5) is 0 Å². The van der Waals surface area contributed by atoms with E-state index in [0.717, 1.165) is 24.8 Å². The van der Waals surface area contributed by atoms with Gasteiger partial charge in [0.2, 0.25) is 0 Å². The monoisotopic (exact) mass is 236 g/mol. The molecule has 1 aromatic carbocycles. The normalized spacial score (nSPS) is 13.7. The predicted octanol–water partition coefficient (Wildman–Crippen LogP) is 3.18. The summed E-state index contributed by atoms with van der Waals surface area (Å²) >= 11 is 0. The number of aliphatic hydroxyl groups excluding tert-OH is 2. The average Bonchev–Trinajstić information content (AvgIpc) is 2.28. The highest BCUT2D eigenvalue weighted by Gasteiger charge is 2.14. The first-order valence-electron chi connectivity index (χ1n) is 6.34. The fraction of sp³-hybridized carbons (Fsp3) is 0.600. The summed E-state index contributed by atoms with van der Waals surface area (Å²) in [4.78, 5) is 0. The summed E-state index contributed by atoms with van der Waals surface area (Å²) in [6.07, 6.45) is 1.93. The summed E-state index contributed by atoms with van der Waals surface area (Å²) in [5.41, 5.74) is 2.40. The summed E-state index contributed by atoms with van der Waals surface area (Å²) in [7, 11) is 0. The van der Waals surface area contributed by atoms with Crippen molar-refractivity contribution >= 4 is 0 Å². The van der Waals surface area contributed by atoms with Gasteiger partial charge in [-0.05, 0) is 35.8 Å². The van der Waals surface area contributed by atoms with Crippen LogP contribution in [0.3, 0.4) is 0 Å². The molecule has 1 unspecified atom stereocenters. The van der Waals surface area contributed by atoms with Gasteiger partial charge in [0.25, 0.3) is 0 Å². The van der Waals surface area contributed by atoms with E-state index in [2.05, 4.69) is 32.9 Å². The summed E-state index contributed by atoms with van der Waals surface area (Å²) in [5.74, 6) is 0. The topological polar surface area (TPSA) is 40.5 Å². The Hall–Kier alpha value is -0.860. The van der Waals surface area contributed by atoms with Crippen LogP contribution < -0.4 is 0 Å². The van der Waals surface area contributed by atoms with E-state index in [4.69, 9.17) is 5.11 Å². The fourth-order valence-electron chi connectivity index (χ4n) is 1.82. The molecule has 0 saturated carbocycles. The van der Waals surface area contributed by atoms with Gasteiger partial charge in [-0.1, -0.05) is 45.0 Å². The number of benzene rings is 1. The van der Waals surface area contributed by atoms with Crippen molar-refractivity contribution in [1.29, 1.82) is 0 Å². The molecule has 0 heterocycles. The van der Waals surface area contributed by atoms with Crippen LogP contribution >= 0.6 is 0 Å². The second kappa shape index (κ2) is 6.18. The Bertz CT molecular complexity index is 322. The van der Waals surface area contributed by atoms with E-state index in [0.29, 0.717) is 0 Å². The van der Waals surface area contributed by atoms with E-state index < -0.39 is 6.10 Å². The molecule has 0 saturated heterocycles. The minimum atomic E-state index is -0.407. The number of hydrogen-bond donors (Lipinski definition) is 2. The molecule has 0 radical (unpaired) electrons. The standard InChI is InChI=1S/C15H24O2/c1-15(2,3)13-9-7-12(8-10-13)14(17)6-4-5-11-16/h7-10,14,16-17H,4-6,11H2,1-3H3. The van der Waals surface area contributed by atoms with E-state index in [1.165, 1.54) is 5.56 Å². The third-order valence-electron chi connectivity index (χ3n) is 3.05. The van der Waals surface area contributed by atoms with Crippen molar-refractivity contribution in [3.05, 3.63) is 35.4 Å². The molecule has 0 aromatic heterocycles. The lowest BCUT2D eigenvalue weighted by molar-refractivity contribution is 0.159. The van der Waals surface area contributed by atoms with Crippen molar-refractivity contribution in [2.45, 2.75) is 51.6 Å². The van der Waals surface area contributed by atoms with Gasteiger partial charge < -0.3 is 10.2 Å². The quantitative estimate of drug-likeness (QED) is 0.771. The SMILES string of the molecule is CC(C)(C)c1ccc(C(O)CCCCO)cc1. The first kappa shape index (κ1) is 14.2. The third kappa shape index (κ3) is 4.49. The van der Waals surface area contributed by atoms with Gasteiger partial charge in [-0.15, -0.1) is 0 Å². The van der Waals surface area contributed by atoms with Gasteiger partial charge in [0, 0.05) is 6.61 Å². The highest BCUT2D eigenvalue weighted by Crippen LogP contribution is 2.25. The van der Waals surface area contributed by atoms with Crippen molar-refractivity contribution in [2.75, 3.05) is 6.61 Å². The van der Waals surface area contributed by atoms with Gasteiger partial charge in [0.15, 0.2) is 0 Å². The number of rotatable bonds is 5. The van der Waals surface area contributed by atoms with Crippen LogP contribution in [0, 0.1) is 0 Å². The molecule has 1 aromatic rings. The maximum Gasteiger partial charge on any atom is 0.0790 e.